The largest absolute Gasteiger partial charge is 0.460 e. The minimum atomic E-state index is -1.28. The topological polar surface area (TPSA) is 134 Å². The highest BCUT2D eigenvalue weighted by Gasteiger charge is 2.38. The van der Waals surface area contributed by atoms with Gasteiger partial charge in [0.1, 0.15) is 17.2 Å². The van der Waals surface area contributed by atoms with E-state index in [1.807, 2.05) is 121 Å². The first-order chi connectivity index (χ1) is 23.9. The van der Waals surface area contributed by atoms with Gasteiger partial charge in [0.2, 0.25) is 17.7 Å². The minimum Gasteiger partial charge on any atom is -0.460 e. The van der Waals surface area contributed by atoms with Crippen LogP contribution in [0.15, 0.2) is 121 Å². The monoisotopic (exact) mass is 677 g/mol. The third-order valence-electron chi connectivity index (χ3n) is 8.19. The Morgan fingerprint density at radius 1 is 0.700 bits per heavy atom. The molecule has 0 saturated heterocycles. The lowest BCUT2D eigenvalue weighted by Crippen LogP contribution is -2.54. The molecule has 0 aromatic heterocycles. The summed E-state index contributed by atoms with van der Waals surface area (Å²) in [6, 6.07) is 36.3. The van der Waals surface area contributed by atoms with Gasteiger partial charge in [-0.3, -0.25) is 19.2 Å². The molecule has 0 heterocycles. The molecule has 4 aromatic rings. The molecule has 50 heavy (non-hydrogen) atoms. The van der Waals surface area contributed by atoms with Gasteiger partial charge in [-0.1, -0.05) is 121 Å². The van der Waals surface area contributed by atoms with Crippen molar-refractivity contribution in [1.29, 1.82) is 0 Å². The van der Waals surface area contributed by atoms with Gasteiger partial charge in [-0.05, 0) is 55.9 Å². The molecule has 262 valence electrons. The maximum Gasteiger partial charge on any atom is 0.309 e. The van der Waals surface area contributed by atoms with Crippen molar-refractivity contribution in [1.82, 2.24) is 16.0 Å². The van der Waals surface area contributed by atoms with Crippen LogP contribution in [0.2, 0.25) is 0 Å². The van der Waals surface area contributed by atoms with Crippen molar-refractivity contribution in [2.45, 2.75) is 82.7 Å². The summed E-state index contributed by atoms with van der Waals surface area (Å²) >= 11 is 0. The fraction of sp³-hybridized carbons (Fsp3) is 0.317. The number of nitrogens with one attached hydrogen (secondary N) is 3. The summed E-state index contributed by atoms with van der Waals surface area (Å²) < 4.78 is 5.40. The average molecular weight is 678 g/mol. The van der Waals surface area contributed by atoms with Crippen LogP contribution >= 0.6 is 0 Å². The van der Waals surface area contributed by atoms with Crippen LogP contribution in [0.5, 0.6) is 0 Å². The van der Waals surface area contributed by atoms with Crippen molar-refractivity contribution in [3.8, 4) is 0 Å². The van der Waals surface area contributed by atoms with E-state index in [0.29, 0.717) is 0 Å². The zero-order valence-corrected chi connectivity index (χ0v) is 29.1. The Morgan fingerprint density at radius 2 is 1.16 bits per heavy atom. The zero-order chi connectivity index (χ0) is 36.1. The van der Waals surface area contributed by atoms with Gasteiger partial charge in [-0.15, -0.1) is 0 Å². The normalized spacial score (nSPS) is 13.3. The molecule has 0 aliphatic heterocycles. The fourth-order valence-corrected chi connectivity index (χ4v) is 5.97. The number of aliphatic hydroxyl groups is 1. The first kappa shape index (κ1) is 37.5. The molecule has 4 aromatic carbocycles. The molecule has 3 amide bonds. The van der Waals surface area contributed by atoms with Crippen LogP contribution in [0.25, 0.3) is 0 Å². The molecule has 0 saturated carbocycles. The molecule has 0 aliphatic carbocycles. The van der Waals surface area contributed by atoms with E-state index in [0.717, 1.165) is 22.3 Å². The van der Waals surface area contributed by atoms with Gasteiger partial charge >= 0.3 is 5.97 Å². The standard InChI is InChI=1S/C41H47N3O6/c1-29(45)42-34(39(49)43-35(27-30-17-9-5-10-18-30)36(46)28-38(48)50-40(2,3)4)25-26-37(47)44-41(31-19-11-6-12-20-31,32-21-13-7-14-22-32)33-23-15-8-16-24-33/h5-24,34-36,46H,25-28H2,1-4H3,(H,42,45)(H,43,49)(H,44,47)/t34-,35-,36-/m0/s1. The molecule has 9 heteroatoms. The highest BCUT2D eigenvalue weighted by molar-refractivity contribution is 5.88. The summed E-state index contributed by atoms with van der Waals surface area (Å²) in [7, 11) is 0. The van der Waals surface area contributed by atoms with Crippen molar-refractivity contribution in [2.75, 3.05) is 0 Å². The number of carbonyl (C=O) groups excluding carboxylic acids is 4. The van der Waals surface area contributed by atoms with Crippen molar-refractivity contribution < 1.29 is 29.0 Å². The van der Waals surface area contributed by atoms with E-state index in [2.05, 4.69) is 16.0 Å². The third-order valence-corrected chi connectivity index (χ3v) is 8.19. The predicted octanol–water partition coefficient (Wildman–Crippen LogP) is 5.20. The number of carbonyl (C=O) groups is 4. The Labute approximate surface area is 294 Å². The second-order valence-corrected chi connectivity index (χ2v) is 13.4. The lowest BCUT2D eigenvalue weighted by atomic mass is 9.77. The summed E-state index contributed by atoms with van der Waals surface area (Å²) in [6.45, 7) is 6.50. The molecule has 3 atom stereocenters. The first-order valence-corrected chi connectivity index (χ1v) is 16.9. The number of ether oxygens (including phenoxy) is 1. The summed E-state index contributed by atoms with van der Waals surface area (Å²) in [4.78, 5) is 52.6. The van der Waals surface area contributed by atoms with Gasteiger partial charge in [0.25, 0.3) is 0 Å². The Morgan fingerprint density at radius 3 is 1.60 bits per heavy atom. The van der Waals surface area contributed by atoms with E-state index in [4.69, 9.17) is 4.74 Å². The Kier molecular flexibility index (Phi) is 13.1. The van der Waals surface area contributed by atoms with Crippen molar-refractivity contribution in [2.24, 2.45) is 0 Å². The van der Waals surface area contributed by atoms with Crippen LogP contribution in [0.4, 0.5) is 0 Å². The number of amides is 3. The molecule has 0 unspecified atom stereocenters. The number of rotatable bonds is 15. The minimum absolute atomic E-state index is 0.0219. The quantitative estimate of drug-likeness (QED) is 0.101. The number of hydrogen-bond acceptors (Lipinski definition) is 6. The summed E-state index contributed by atoms with van der Waals surface area (Å²) in [5, 5.41) is 20.0. The molecule has 0 bridgehead atoms. The molecule has 4 N–H and O–H groups in total. The highest BCUT2D eigenvalue weighted by atomic mass is 16.6. The second kappa shape index (κ2) is 17.4. The van der Waals surface area contributed by atoms with E-state index >= 15 is 0 Å². The maximum atomic E-state index is 14.0. The van der Waals surface area contributed by atoms with Gasteiger partial charge in [-0.25, -0.2) is 0 Å². The van der Waals surface area contributed by atoms with Crippen molar-refractivity contribution >= 4 is 23.7 Å². The smallest absolute Gasteiger partial charge is 0.309 e. The van der Waals surface area contributed by atoms with Crippen molar-refractivity contribution in [3.05, 3.63) is 144 Å². The molecule has 0 spiro atoms. The summed E-state index contributed by atoms with van der Waals surface area (Å²) in [5.74, 6) is -1.98. The summed E-state index contributed by atoms with van der Waals surface area (Å²) in [5.41, 5.74) is 1.60. The van der Waals surface area contributed by atoms with Gasteiger partial charge in [0, 0.05) is 13.3 Å². The molecule has 0 aliphatic rings. The third kappa shape index (κ3) is 10.6. The number of benzene rings is 4. The summed E-state index contributed by atoms with van der Waals surface area (Å²) in [6.07, 6.45) is -1.53. The lowest BCUT2D eigenvalue weighted by Gasteiger charge is -2.37. The van der Waals surface area contributed by atoms with Crippen LogP contribution < -0.4 is 16.0 Å². The van der Waals surface area contributed by atoms with Gasteiger partial charge < -0.3 is 25.8 Å². The van der Waals surface area contributed by atoms with Crippen LogP contribution in [0.3, 0.4) is 0 Å². The second-order valence-electron chi connectivity index (χ2n) is 13.4. The lowest BCUT2D eigenvalue weighted by molar-refractivity contribution is -0.157. The maximum absolute atomic E-state index is 14.0. The van der Waals surface area contributed by atoms with Crippen LogP contribution in [0, 0.1) is 0 Å². The van der Waals surface area contributed by atoms with E-state index < -0.39 is 47.1 Å². The molecule has 4 rings (SSSR count). The Balaban J connectivity index is 1.57. The Bertz CT molecular complexity index is 1600. The molecule has 0 fully saturated rings. The van der Waals surface area contributed by atoms with Crippen LogP contribution in [-0.2, 0) is 35.9 Å². The Hall–Kier alpha value is -5.28. The average Bonchev–Trinajstić information content (AvgIpc) is 3.09. The van der Waals surface area contributed by atoms with Gasteiger partial charge in [-0.2, -0.15) is 0 Å². The molecule has 9 nitrogen and oxygen atoms in total. The predicted molar refractivity (Wildman–Crippen MR) is 193 cm³/mol. The van der Waals surface area contributed by atoms with Crippen molar-refractivity contribution in [3.63, 3.8) is 0 Å². The SMILES string of the molecule is CC(=O)N[C@@H](CCC(=O)NC(c1ccccc1)(c1ccccc1)c1ccccc1)C(=O)N[C@@H](Cc1ccccc1)[C@@H](O)CC(=O)OC(C)(C)C. The van der Waals surface area contributed by atoms with E-state index in [1.54, 1.807) is 20.8 Å². The number of hydrogen-bond donors (Lipinski definition) is 4. The van der Waals surface area contributed by atoms with Gasteiger partial charge in [0.05, 0.1) is 18.6 Å². The highest BCUT2D eigenvalue weighted by Crippen LogP contribution is 2.37. The molecular weight excluding hydrogens is 630 g/mol. The number of aliphatic hydroxyl groups excluding tert-OH is 1. The van der Waals surface area contributed by atoms with E-state index in [-0.39, 0.29) is 31.6 Å². The molecule has 0 radical (unpaired) electrons. The first-order valence-electron chi connectivity index (χ1n) is 16.9. The zero-order valence-electron chi connectivity index (χ0n) is 29.1. The van der Waals surface area contributed by atoms with Gasteiger partial charge in [0.15, 0.2) is 0 Å². The van der Waals surface area contributed by atoms with E-state index in [1.165, 1.54) is 6.92 Å². The molecular formula is C41H47N3O6. The van der Waals surface area contributed by atoms with Crippen LogP contribution in [0.1, 0.15) is 69.2 Å². The van der Waals surface area contributed by atoms with Crippen LogP contribution in [-0.4, -0.2) is 52.6 Å². The number of esters is 1. The van der Waals surface area contributed by atoms with E-state index in [9.17, 15) is 24.3 Å². The fourth-order valence-electron chi connectivity index (χ4n) is 5.97.